The molecule has 1 heterocycles. The van der Waals surface area contributed by atoms with Crippen LogP contribution in [0.25, 0.3) is 0 Å². The highest BCUT2D eigenvalue weighted by Crippen LogP contribution is 2.22. The molecule has 0 fully saturated rings. The number of carboxylic acids is 1. The summed E-state index contributed by atoms with van der Waals surface area (Å²) in [7, 11) is 0. The lowest BCUT2D eigenvalue weighted by atomic mass is 10.3. The molecule has 1 aromatic heterocycles. The Labute approximate surface area is 95.1 Å². The number of carbonyl (C=O) groups is 2. The van der Waals surface area contributed by atoms with Gasteiger partial charge >= 0.3 is 5.97 Å². The molecule has 0 aliphatic carbocycles. The number of nitrogens with zero attached hydrogens (tertiary/aromatic N) is 1. The van der Waals surface area contributed by atoms with Gasteiger partial charge in [-0.2, -0.15) is 0 Å². The van der Waals surface area contributed by atoms with Crippen molar-refractivity contribution in [1.29, 1.82) is 0 Å². The number of carbonyl (C=O) groups excluding carboxylic acids is 1. The maximum Gasteiger partial charge on any atom is 0.348 e. The molecule has 0 saturated heterocycles. The number of rotatable bonds is 3. The highest BCUT2D eigenvalue weighted by molar-refractivity contribution is 7.17. The quantitative estimate of drug-likeness (QED) is 0.852. The summed E-state index contributed by atoms with van der Waals surface area (Å²) >= 11 is 6.33. The summed E-state index contributed by atoms with van der Waals surface area (Å²) < 4.78 is 0.0429. The summed E-state index contributed by atoms with van der Waals surface area (Å²) in [6, 6.07) is -0.0837. The fraction of sp³-hybridized carbons (Fsp3) is 0.375. The third-order valence-corrected chi connectivity index (χ3v) is 2.58. The average molecular weight is 249 g/mol. The summed E-state index contributed by atoms with van der Waals surface area (Å²) in [5, 5.41) is 11.3. The van der Waals surface area contributed by atoms with Gasteiger partial charge in [-0.1, -0.05) is 22.9 Å². The summed E-state index contributed by atoms with van der Waals surface area (Å²) in [5.74, 6) is -1.72. The molecule has 1 rings (SSSR count). The van der Waals surface area contributed by atoms with Crippen LogP contribution in [0.3, 0.4) is 0 Å². The van der Waals surface area contributed by atoms with Gasteiger partial charge in [-0.05, 0) is 13.8 Å². The third-order valence-electron chi connectivity index (χ3n) is 1.43. The fourth-order valence-electron chi connectivity index (χ4n) is 0.923. The van der Waals surface area contributed by atoms with Crippen LogP contribution in [-0.4, -0.2) is 28.0 Å². The third kappa shape index (κ3) is 2.90. The number of hydrogen-bond donors (Lipinski definition) is 2. The Bertz CT molecular complexity index is 403. The zero-order valence-corrected chi connectivity index (χ0v) is 9.65. The van der Waals surface area contributed by atoms with Crippen molar-refractivity contribution in [3.8, 4) is 0 Å². The van der Waals surface area contributed by atoms with Gasteiger partial charge in [0.05, 0.1) is 0 Å². The SMILES string of the molecule is CC(C)NC(=O)c1nc(Cl)sc1C(=O)O. The van der Waals surface area contributed by atoms with Gasteiger partial charge in [0.1, 0.15) is 4.88 Å². The molecule has 82 valence electrons. The van der Waals surface area contributed by atoms with Crippen molar-refractivity contribution in [1.82, 2.24) is 10.3 Å². The monoisotopic (exact) mass is 248 g/mol. The number of amides is 1. The van der Waals surface area contributed by atoms with Crippen molar-refractivity contribution in [3.63, 3.8) is 0 Å². The van der Waals surface area contributed by atoms with E-state index in [1.54, 1.807) is 13.8 Å². The van der Waals surface area contributed by atoms with Crippen LogP contribution in [0.15, 0.2) is 0 Å². The smallest absolute Gasteiger partial charge is 0.348 e. The molecule has 0 radical (unpaired) electrons. The maximum absolute atomic E-state index is 11.5. The Morgan fingerprint density at radius 2 is 2.13 bits per heavy atom. The lowest BCUT2D eigenvalue weighted by molar-refractivity contribution is 0.0695. The van der Waals surface area contributed by atoms with E-state index in [4.69, 9.17) is 16.7 Å². The minimum Gasteiger partial charge on any atom is -0.477 e. The van der Waals surface area contributed by atoms with Crippen molar-refractivity contribution in [2.24, 2.45) is 0 Å². The molecule has 0 unspecified atom stereocenters. The van der Waals surface area contributed by atoms with E-state index in [0.29, 0.717) is 0 Å². The minimum atomic E-state index is -1.20. The normalized spacial score (nSPS) is 10.4. The molecular formula is C8H9ClN2O3S. The molecule has 1 aromatic rings. The Hall–Kier alpha value is -1.14. The molecule has 0 spiro atoms. The van der Waals surface area contributed by atoms with E-state index >= 15 is 0 Å². The second-order valence-electron chi connectivity index (χ2n) is 3.08. The second-order valence-corrected chi connectivity index (χ2v) is 4.66. The Kier molecular flexibility index (Phi) is 3.65. The molecule has 0 atom stereocenters. The van der Waals surface area contributed by atoms with E-state index in [0.717, 1.165) is 11.3 Å². The number of hydrogen-bond acceptors (Lipinski definition) is 4. The number of aromatic nitrogens is 1. The van der Waals surface area contributed by atoms with E-state index in [-0.39, 0.29) is 21.1 Å². The molecule has 0 saturated carbocycles. The number of halogens is 1. The fourth-order valence-corrected chi connectivity index (χ4v) is 1.87. The molecular weight excluding hydrogens is 240 g/mol. The molecule has 0 aliphatic heterocycles. The Morgan fingerprint density at radius 3 is 2.60 bits per heavy atom. The Balaban J connectivity index is 3.02. The van der Waals surface area contributed by atoms with Gasteiger partial charge < -0.3 is 10.4 Å². The summed E-state index contributed by atoms with van der Waals surface area (Å²) in [6.45, 7) is 3.54. The molecule has 0 aliphatic rings. The van der Waals surface area contributed by atoms with Crippen LogP contribution >= 0.6 is 22.9 Å². The lowest BCUT2D eigenvalue weighted by Gasteiger charge is -2.06. The number of thiazole rings is 1. The van der Waals surface area contributed by atoms with Crippen LogP contribution in [0, 0.1) is 0 Å². The predicted octanol–water partition coefficient (Wildman–Crippen LogP) is 1.63. The van der Waals surface area contributed by atoms with Crippen LogP contribution in [0.4, 0.5) is 0 Å². The molecule has 5 nitrogen and oxygen atoms in total. The first-order chi connectivity index (χ1) is 6.91. The highest BCUT2D eigenvalue weighted by Gasteiger charge is 2.22. The van der Waals surface area contributed by atoms with Crippen molar-refractivity contribution in [2.75, 3.05) is 0 Å². The highest BCUT2D eigenvalue weighted by atomic mass is 35.5. The van der Waals surface area contributed by atoms with Crippen LogP contribution in [0.1, 0.15) is 34.0 Å². The van der Waals surface area contributed by atoms with E-state index < -0.39 is 11.9 Å². The van der Waals surface area contributed by atoms with Gasteiger partial charge in [-0.3, -0.25) is 4.79 Å². The number of aromatic carboxylic acids is 1. The average Bonchev–Trinajstić information content (AvgIpc) is 2.46. The zero-order chi connectivity index (χ0) is 11.6. The summed E-state index contributed by atoms with van der Waals surface area (Å²) in [4.78, 5) is 25.8. The van der Waals surface area contributed by atoms with Gasteiger partial charge in [0.2, 0.25) is 0 Å². The predicted molar refractivity (Wildman–Crippen MR) is 56.7 cm³/mol. The van der Waals surface area contributed by atoms with Gasteiger partial charge in [-0.15, -0.1) is 0 Å². The van der Waals surface area contributed by atoms with E-state index in [1.807, 2.05) is 0 Å². The second kappa shape index (κ2) is 4.59. The summed E-state index contributed by atoms with van der Waals surface area (Å²) in [6.07, 6.45) is 0. The van der Waals surface area contributed by atoms with E-state index in [1.165, 1.54) is 0 Å². The molecule has 0 aromatic carbocycles. The van der Waals surface area contributed by atoms with Crippen LogP contribution in [0.5, 0.6) is 0 Å². The van der Waals surface area contributed by atoms with Crippen molar-refractivity contribution >= 4 is 34.8 Å². The van der Waals surface area contributed by atoms with Crippen LogP contribution in [0.2, 0.25) is 4.47 Å². The largest absolute Gasteiger partial charge is 0.477 e. The molecule has 7 heteroatoms. The maximum atomic E-state index is 11.5. The molecule has 15 heavy (non-hydrogen) atoms. The lowest BCUT2D eigenvalue weighted by Crippen LogP contribution is -2.31. The standard InChI is InChI=1S/C8H9ClN2O3S/c1-3(2)10-6(12)4-5(7(13)14)15-8(9)11-4/h3H,1-2H3,(H,10,12)(H,13,14). The van der Waals surface area contributed by atoms with Crippen molar-refractivity contribution in [3.05, 3.63) is 15.0 Å². The van der Waals surface area contributed by atoms with Crippen molar-refractivity contribution < 1.29 is 14.7 Å². The minimum absolute atomic E-state index is 0.0429. The van der Waals surface area contributed by atoms with Crippen LogP contribution < -0.4 is 5.32 Å². The van der Waals surface area contributed by atoms with Crippen molar-refractivity contribution in [2.45, 2.75) is 19.9 Å². The van der Waals surface area contributed by atoms with E-state index in [2.05, 4.69) is 10.3 Å². The van der Waals surface area contributed by atoms with Gasteiger partial charge in [0.25, 0.3) is 5.91 Å². The Morgan fingerprint density at radius 1 is 1.53 bits per heavy atom. The molecule has 0 bridgehead atoms. The molecule has 1 amide bonds. The number of carboxylic acid groups (broad SMARTS) is 1. The first-order valence-corrected chi connectivity index (χ1v) is 5.31. The van der Waals surface area contributed by atoms with Gasteiger partial charge in [0, 0.05) is 6.04 Å². The molecule has 2 N–H and O–H groups in total. The van der Waals surface area contributed by atoms with Crippen LogP contribution in [-0.2, 0) is 0 Å². The zero-order valence-electron chi connectivity index (χ0n) is 8.07. The number of nitrogens with one attached hydrogen (secondary N) is 1. The first-order valence-electron chi connectivity index (χ1n) is 4.12. The topological polar surface area (TPSA) is 79.3 Å². The first kappa shape index (κ1) is 11.9. The van der Waals surface area contributed by atoms with E-state index in [9.17, 15) is 9.59 Å². The van der Waals surface area contributed by atoms with Gasteiger partial charge in [-0.25, -0.2) is 9.78 Å². The van der Waals surface area contributed by atoms with Gasteiger partial charge in [0.15, 0.2) is 10.2 Å². The summed E-state index contributed by atoms with van der Waals surface area (Å²) in [5.41, 5.74) is -0.133.